The molecule has 7 heteroatoms. The van der Waals surface area contributed by atoms with Gasteiger partial charge in [0.05, 0.1) is 12.7 Å². The Kier molecular flexibility index (Phi) is 2.98. The van der Waals surface area contributed by atoms with Crippen LogP contribution in [0, 0.1) is 6.92 Å². The first-order chi connectivity index (χ1) is 9.61. The molecule has 0 atom stereocenters. The third-order valence-corrected chi connectivity index (χ3v) is 3.53. The number of thiol groups is 1. The van der Waals surface area contributed by atoms with Gasteiger partial charge in [0.15, 0.2) is 17.4 Å². The second kappa shape index (κ2) is 4.68. The summed E-state index contributed by atoms with van der Waals surface area (Å²) in [5.41, 5.74) is 1.81. The van der Waals surface area contributed by atoms with Gasteiger partial charge in [-0.15, -0.1) is 12.6 Å². The Hall–Kier alpha value is -2.28. The van der Waals surface area contributed by atoms with Gasteiger partial charge < -0.3 is 4.74 Å². The van der Waals surface area contributed by atoms with E-state index < -0.39 is 5.91 Å². The summed E-state index contributed by atoms with van der Waals surface area (Å²) >= 11 is 4.42. The number of carbonyl (C=O) groups is 1. The number of fused-ring (bicyclic) bond motifs is 1. The highest BCUT2D eigenvalue weighted by Gasteiger charge is 2.28. The normalized spacial score (nSPS) is 16.6. The molecule has 1 aromatic carbocycles. The number of ether oxygens (including phenoxy) is 1. The van der Waals surface area contributed by atoms with Crippen LogP contribution in [0.1, 0.15) is 11.1 Å². The summed E-state index contributed by atoms with van der Waals surface area (Å²) in [4.78, 5) is 28.3. The fourth-order valence-electron chi connectivity index (χ4n) is 1.94. The zero-order chi connectivity index (χ0) is 14.3. The molecule has 0 saturated heterocycles. The summed E-state index contributed by atoms with van der Waals surface area (Å²) in [6.07, 6.45) is 1.18. The minimum atomic E-state index is -0.439. The Balaban J connectivity index is 2.13. The van der Waals surface area contributed by atoms with Crippen LogP contribution in [-0.2, 0) is 4.79 Å². The molecule has 1 aromatic rings. The highest BCUT2D eigenvalue weighted by Crippen LogP contribution is 2.31. The first-order valence-corrected chi connectivity index (χ1v) is 6.26. The summed E-state index contributed by atoms with van der Waals surface area (Å²) in [6.45, 7) is 1.93. The monoisotopic (exact) mass is 286 g/mol. The fraction of sp³-hybridized carbons (Fsp3) is 0.154. The topological polar surface area (TPSA) is 75.7 Å². The van der Waals surface area contributed by atoms with E-state index in [1.165, 1.54) is 6.34 Å². The van der Waals surface area contributed by atoms with Crippen molar-refractivity contribution in [3.8, 4) is 5.75 Å². The lowest BCUT2D eigenvalue weighted by Crippen LogP contribution is -2.21. The maximum atomic E-state index is 11.6. The van der Waals surface area contributed by atoms with Gasteiger partial charge in [0, 0.05) is 4.90 Å². The highest BCUT2D eigenvalue weighted by molar-refractivity contribution is 7.80. The molecule has 100 valence electrons. The molecule has 0 aromatic heterocycles. The van der Waals surface area contributed by atoms with Crippen LogP contribution in [0.3, 0.4) is 0 Å². The predicted molar refractivity (Wildman–Crippen MR) is 79.9 cm³/mol. The van der Waals surface area contributed by atoms with Crippen molar-refractivity contribution >= 4 is 42.3 Å². The number of rotatable bonds is 2. The van der Waals surface area contributed by atoms with E-state index in [1.807, 2.05) is 19.1 Å². The van der Waals surface area contributed by atoms with Crippen LogP contribution in [0.25, 0.3) is 0 Å². The Bertz CT molecular complexity index is 747. The number of hydrogen-bond donors (Lipinski definition) is 1. The van der Waals surface area contributed by atoms with Crippen LogP contribution < -0.4 is 4.74 Å². The number of methoxy groups -OCH3 is 1. The standard InChI is InChI=1S/C13H10N4O2S/c1-6-3-4-7(9(19-2)10(6)20)11-16-8-12(17-11)14-5-15-13(8)18/h3-5,20H,1-2H3. The summed E-state index contributed by atoms with van der Waals surface area (Å²) in [5.74, 6) is 0.795. The van der Waals surface area contributed by atoms with E-state index in [9.17, 15) is 4.79 Å². The van der Waals surface area contributed by atoms with E-state index in [0.29, 0.717) is 22.0 Å². The van der Waals surface area contributed by atoms with E-state index in [4.69, 9.17) is 4.74 Å². The SMILES string of the molecule is COc1c(C2=NC3=NC=NC(=O)C3=N2)ccc(C)c1S. The first-order valence-electron chi connectivity index (χ1n) is 5.81. The van der Waals surface area contributed by atoms with Gasteiger partial charge in [0.2, 0.25) is 0 Å². The third kappa shape index (κ3) is 1.87. The molecule has 0 N–H and O–H groups in total. The third-order valence-electron chi connectivity index (χ3n) is 2.98. The van der Waals surface area contributed by atoms with E-state index in [-0.39, 0.29) is 11.5 Å². The molecule has 0 spiro atoms. The number of carbonyl (C=O) groups excluding carboxylic acids is 1. The maximum Gasteiger partial charge on any atom is 0.301 e. The van der Waals surface area contributed by atoms with Crippen LogP contribution in [0.15, 0.2) is 37.0 Å². The van der Waals surface area contributed by atoms with Crippen LogP contribution in [0.4, 0.5) is 0 Å². The van der Waals surface area contributed by atoms with Crippen molar-refractivity contribution < 1.29 is 9.53 Å². The molecular formula is C13H10N4O2S. The van der Waals surface area contributed by atoms with Gasteiger partial charge in [-0.05, 0) is 18.6 Å². The van der Waals surface area contributed by atoms with Gasteiger partial charge in [-0.2, -0.15) is 4.99 Å². The highest BCUT2D eigenvalue weighted by atomic mass is 32.1. The van der Waals surface area contributed by atoms with Crippen LogP contribution in [0.2, 0.25) is 0 Å². The summed E-state index contributed by atoms with van der Waals surface area (Å²) in [7, 11) is 1.56. The molecule has 0 unspecified atom stereocenters. The van der Waals surface area contributed by atoms with Crippen molar-refractivity contribution in [3.63, 3.8) is 0 Å². The lowest BCUT2D eigenvalue weighted by atomic mass is 10.1. The van der Waals surface area contributed by atoms with Gasteiger partial charge in [-0.3, -0.25) is 4.79 Å². The molecule has 0 bridgehead atoms. The van der Waals surface area contributed by atoms with Crippen molar-refractivity contribution in [1.29, 1.82) is 0 Å². The Labute approximate surface area is 120 Å². The van der Waals surface area contributed by atoms with Crippen molar-refractivity contribution in [2.24, 2.45) is 20.0 Å². The number of aryl methyl sites for hydroxylation is 1. The average Bonchev–Trinajstić information content (AvgIpc) is 2.87. The molecule has 2 aliphatic heterocycles. The number of aliphatic imine (C=N–C) groups is 4. The average molecular weight is 286 g/mol. The Morgan fingerprint density at radius 2 is 2.00 bits per heavy atom. The van der Waals surface area contributed by atoms with Crippen molar-refractivity contribution in [2.75, 3.05) is 7.11 Å². The van der Waals surface area contributed by atoms with Crippen LogP contribution in [-0.4, -0.2) is 36.7 Å². The van der Waals surface area contributed by atoms with Crippen molar-refractivity contribution in [2.45, 2.75) is 11.8 Å². The maximum absolute atomic E-state index is 11.6. The molecule has 0 saturated carbocycles. The van der Waals surface area contributed by atoms with E-state index in [2.05, 4.69) is 32.6 Å². The van der Waals surface area contributed by atoms with E-state index in [0.717, 1.165) is 5.56 Å². The molecule has 0 fully saturated rings. The second-order valence-electron chi connectivity index (χ2n) is 4.21. The summed E-state index contributed by atoms with van der Waals surface area (Å²) in [6, 6.07) is 3.73. The van der Waals surface area contributed by atoms with Gasteiger partial charge in [0.1, 0.15) is 12.1 Å². The van der Waals surface area contributed by atoms with Crippen LogP contribution in [0.5, 0.6) is 5.75 Å². The van der Waals surface area contributed by atoms with E-state index >= 15 is 0 Å². The second-order valence-corrected chi connectivity index (χ2v) is 4.66. The number of nitrogens with zero attached hydrogens (tertiary/aromatic N) is 4. The quantitative estimate of drug-likeness (QED) is 0.836. The number of hydrogen-bond acceptors (Lipinski definition) is 6. The minimum absolute atomic E-state index is 0.158. The molecule has 0 aliphatic carbocycles. The number of amides is 1. The zero-order valence-electron chi connectivity index (χ0n) is 10.8. The van der Waals surface area contributed by atoms with Crippen molar-refractivity contribution in [3.05, 3.63) is 23.3 Å². The zero-order valence-corrected chi connectivity index (χ0v) is 11.7. The summed E-state index contributed by atoms with van der Waals surface area (Å²) in [5, 5.41) is 0. The van der Waals surface area contributed by atoms with Gasteiger partial charge in [-0.25, -0.2) is 15.0 Å². The molecule has 20 heavy (non-hydrogen) atoms. The molecule has 1 amide bonds. The number of amidine groups is 2. The molecule has 0 radical (unpaired) electrons. The fourth-order valence-corrected chi connectivity index (χ4v) is 2.22. The van der Waals surface area contributed by atoms with Gasteiger partial charge in [-0.1, -0.05) is 6.07 Å². The molecule has 6 nitrogen and oxygen atoms in total. The first kappa shape index (κ1) is 12.7. The lowest BCUT2D eigenvalue weighted by molar-refractivity contribution is -0.111. The lowest BCUT2D eigenvalue weighted by Gasteiger charge is -2.11. The van der Waals surface area contributed by atoms with Crippen molar-refractivity contribution in [1.82, 2.24) is 0 Å². The van der Waals surface area contributed by atoms with Gasteiger partial charge >= 0.3 is 5.91 Å². The molecular weight excluding hydrogens is 276 g/mol. The Morgan fingerprint density at radius 3 is 2.70 bits per heavy atom. The minimum Gasteiger partial charge on any atom is -0.495 e. The molecule has 2 heterocycles. The van der Waals surface area contributed by atoms with E-state index in [1.54, 1.807) is 7.11 Å². The number of benzene rings is 1. The van der Waals surface area contributed by atoms with Crippen LogP contribution >= 0.6 is 12.6 Å². The molecule has 2 aliphatic rings. The Morgan fingerprint density at radius 1 is 1.20 bits per heavy atom. The largest absolute Gasteiger partial charge is 0.495 e. The molecule has 3 rings (SSSR count). The smallest absolute Gasteiger partial charge is 0.301 e. The predicted octanol–water partition coefficient (Wildman–Crippen LogP) is 1.46. The van der Waals surface area contributed by atoms with Gasteiger partial charge in [0.25, 0.3) is 0 Å². The summed E-state index contributed by atoms with van der Waals surface area (Å²) < 4.78 is 5.37.